The first-order chi connectivity index (χ1) is 7.25. The van der Waals surface area contributed by atoms with Crippen molar-refractivity contribution in [1.29, 1.82) is 0 Å². The van der Waals surface area contributed by atoms with Gasteiger partial charge in [0.15, 0.2) is 0 Å². The largest absolute Gasteiger partial charge is 0.397 e. The van der Waals surface area contributed by atoms with Gasteiger partial charge in [0.05, 0.1) is 18.0 Å². The van der Waals surface area contributed by atoms with Crippen LogP contribution in [0.5, 0.6) is 0 Å². The highest BCUT2D eigenvalue weighted by atomic mass is 16.5. The first-order valence-electron chi connectivity index (χ1n) is 5.25. The Morgan fingerprint density at radius 1 is 1.27 bits per heavy atom. The smallest absolute Gasteiger partial charge is 0.0667 e. The van der Waals surface area contributed by atoms with E-state index in [1.807, 2.05) is 18.2 Å². The first kappa shape index (κ1) is 10.1. The minimum Gasteiger partial charge on any atom is -0.397 e. The summed E-state index contributed by atoms with van der Waals surface area (Å²) in [7, 11) is 0. The van der Waals surface area contributed by atoms with Crippen LogP contribution >= 0.6 is 0 Å². The molecule has 4 heteroatoms. The molecule has 0 bridgehead atoms. The summed E-state index contributed by atoms with van der Waals surface area (Å²) in [4.78, 5) is 0. The number of nitrogens with two attached hydrogens (primary N) is 2. The fraction of sp³-hybridized carbons (Fsp3) is 0.455. The van der Waals surface area contributed by atoms with Crippen molar-refractivity contribution in [1.82, 2.24) is 0 Å². The third-order valence-electron chi connectivity index (χ3n) is 2.62. The molecule has 1 fully saturated rings. The van der Waals surface area contributed by atoms with Crippen molar-refractivity contribution in [2.75, 3.05) is 30.0 Å². The Morgan fingerprint density at radius 3 is 2.80 bits per heavy atom. The average Bonchev–Trinajstić information content (AvgIpc) is 2.25. The standard InChI is InChI=1S/C11H17N3O/c12-10-4-3-8(6-11(10)13)14-9-2-1-5-15-7-9/h3-4,6,9,14H,1-2,5,7,12-13H2. The van der Waals surface area contributed by atoms with E-state index < -0.39 is 0 Å². The Labute approximate surface area is 89.6 Å². The summed E-state index contributed by atoms with van der Waals surface area (Å²) in [5, 5.41) is 3.39. The van der Waals surface area contributed by atoms with Gasteiger partial charge in [-0.1, -0.05) is 0 Å². The van der Waals surface area contributed by atoms with Gasteiger partial charge in [-0.3, -0.25) is 0 Å². The van der Waals surface area contributed by atoms with Crippen LogP contribution in [-0.4, -0.2) is 19.3 Å². The highest BCUT2D eigenvalue weighted by Crippen LogP contribution is 2.21. The predicted octanol–water partition coefficient (Wildman–Crippen LogP) is 1.44. The minimum absolute atomic E-state index is 0.391. The maximum atomic E-state index is 5.73. The summed E-state index contributed by atoms with van der Waals surface area (Å²) in [6.07, 6.45) is 2.26. The van der Waals surface area contributed by atoms with Crippen LogP contribution in [0.25, 0.3) is 0 Å². The van der Waals surface area contributed by atoms with Crippen molar-refractivity contribution in [2.24, 2.45) is 0 Å². The van der Waals surface area contributed by atoms with Gasteiger partial charge in [-0.2, -0.15) is 0 Å². The van der Waals surface area contributed by atoms with Crippen molar-refractivity contribution in [3.05, 3.63) is 18.2 Å². The molecule has 4 nitrogen and oxygen atoms in total. The van der Waals surface area contributed by atoms with Gasteiger partial charge in [-0.15, -0.1) is 0 Å². The van der Waals surface area contributed by atoms with Crippen LogP contribution in [0.4, 0.5) is 17.1 Å². The van der Waals surface area contributed by atoms with E-state index in [0.717, 1.165) is 31.7 Å². The predicted molar refractivity (Wildman–Crippen MR) is 62.7 cm³/mol. The van der Waals surface area contributed by atoms with Gasteiger partial charge < -0.3 is 21.5 Å². The van der Waals surface area contributed by atoms with Gasteiger partial charge in [0.1, 0.15) is 0 Å². The van der Waals surface area contributed by atoms with Gasteiger partial charge in [0.25, 0.3) is 0 Å². The molecule has 1 heterocycles. The lowest BCUT2D eigenvalue weighted by Crippen LogP contribution is -2.29. The molecule has 15 heavy (non-hydrogen) atoms. The molecule has 0 saturated carbocycles. The molecule has 0 radical (unpaired) electrons. The molecule has 1 saturated heterocycles. The number of nitrogen functional groups attached to an aromatic ring is 2. The molecule has 1 atom stereocenters. The molecule has 1 aromatic carbocycles. The number of rotatable bonds is 2. The van der Waals surface area contributed by atoms with Gasteiger partial charge in [-0.25, -0.2) is 0 Å². The highest BCUT2D eigenvalue weighted by Gasteiger charge is 2.13. The maximum Gasteiger partial charge on any atom is 0.0667 e. The Hall–Kier alpha value is -1.42. The number of ether oxygens (including phenoxy) is 1. The van der Waals surface area contributed by atoms with E-state index in [4.69, 9.17) is 16.2 Å². The second-order valence-corrected chi connectivity index (χ2v) is 3.90. The van der Waals surface area contributed by atoms with Crippen molar-refractivity contribution < 1.29 is 4.74 Å². The maximum absolute atomic E-state index is 5.73. The van der Waals surface area contributed by atoms with Crippen molar-refractivity contribution in [2.45, 2.75) is 18.9 Å². The van der Waals surface area contributed by atoms with Crippen LogP contribution in [-0.2, 0) is 4.74 Å². The summed E-state index contributed by atoms with van der Waals surface area (Å²) in [5.41, 5.74) is 13.6. The zero-order valence-corrected chi connectivity index (χ0v) is 8.70. The summed E-state index contributed by atoms with van der Waals surface area (Å²) >= 11 is 0. The quantitative estimate of drug-likeness (QED) is 0.642. The first-order valence-corrected chi connectivity index (χ1v) is 5.25. The topological polar surface area (TPSA) is 73.3 Å². The molecule has 82 valence electrons. The lowest BCUT2D eigenvalue weighted by atomic mass is 10.1. The zero-order chi connectivity index (χ0) is 10.7. The second kappa shape index (κ2) is 4.40. The van der Waals surface area contributed by atoms with Gasteiger partial charge >= 0.3 is 0 Å². The summed E-state index contributed by atoms with van der Waals surface area (Å²) < 4.78 is 5.39. The van der Waals surface area contributed by atoms with Gasteiger partial charge in [0, 0.05) is 18.3 Å². The zero-order valence-electron chi connectivity index (χ0n) is 8.70. The number of hydrogen-bond donors (Lipinski definition) is 3. The fourth-order valence-electron chi connectivity index (χ4n) is 1.75. The molecule has 1 aliphatic rings. The molecule has 0 aliphatic carbocycles. The Balaban J connectivity index is 2.00. The summed E-state index contributed by atoms with van der Waals surface area (Å²) in [6, 6.07) is 6.02. The van der Waals surface area contributed by atoms with E-state index in [9.17, 15) is 0 Å². The van der Waals surface area contributed by atoms with Crippen molar-refractivity contribution >= 4 is 17.1 Å². The number of benzene rings is 1. The SMILES string of the molecule is Nc1ccc(NC2CCCOC2)cc1N. The Morgan fingerprint density at radius 2 is 2.13 bits per heavy atom. The molecule has 1 aromatic rings. The fourth-order valence-corrected chi connectivity index (χ4v) is 1.75. The Bertz CT molecular complexity index is 335. The average molecular weight is 207 g/mol. The number of anilines is 3. The normalized spacial score (nSPS) is 21.2. The van der Waals surface area contributed by atoms with E-state index in [-0.39, 0.29) is 0 Å². The van der Waals surface area contributed by atoms with Crippen LogP contribution in [0.15, 0.2) is 18.2 Å². The lowest BCUT2D eigenvalue weighted by Gasteiger charge is -2.24. The molecule has 0 amide bonds. The molecule has 5 N–H and O–H groups in total. The van der Waals surface area contributed by atoms with E-state index in [0.29, 0.717) is 17.4 Å². The molecule has 0 spiro atoms. The molecular formula is C11H17N3O. The molecular weight excluding hydrogens is 190 g/mol. The second-order valence-electron chi connectivity index (χ2n) is 3.90. The van der Waals surface area contributed by atoms with Gasteiger partial charge in [-0.05, 0) is 31.0 Å². The third-order valence-corrected chi connectivity index (χ3v) is 2.62. The van der Waals surface area contributed by atoms with Crippen molar-refractivity contribution in [3.63, 3.8) is 0 Å². The van der Waals surface area contributed by atoms with Crippen LogP contribution in [0.2, 0.25) is 0 Å². The van der Waals surface area contributed by atoms with Gasteiger partial charge in [0.2, 0.25) is 0 Å². The molecule has 2 rings (SSSR count). The van der Waals surface area contributed by atoms with Crippen LogP contribution < -0.4 is 16.8 Å². The highest BCUT2D eigenvalue weighted by molar-refractivity contribution is 5.69. The van der Waals surface area contributed by atoms with E-state index >= 15 is 0 Å². The van der Waals surface area contributed by atoms with Crippen molar-refractivity contribution in [3.8, 4) is 0 Å². The minimum atomic E-state index is 0.391. The Kier molecular flexibility index (Phi) is 2.97. The number of hydrogen-bond acceptors (Lipinski definition) is 4. The number of nitrogens with one attached hydrogen (secondary N) is 1. The monoisotopic (exact) mass is 207 g/mol. The summed E-state index contributed by atoms with van der Waals surface area (Å²) in [5.74, 6) is 0. The third kappa shape index (κ3) is 2.53. The summed E-state index contributed by atoms with van der Waals surface area (Å²) in [6.45, 7) is 1.65. The van der Waals surface area contributed by atoms with Crippen LogP contribution in [0.1, 0.15) is 12.8 Å². The van der Waals surface area contributed by atoms with Crippen LogP contribution in [0, 0.1) is 0 Å². The van der Waals surface area contributed by atoms with E-state index in [1.54, 1.807) is 0 Å². The van der Waals surface area contributed by atoms with Crippen LogP contribution in [0.3, 0.4) is 0 Å². The molecule has 0 aromatic heterocycles. The lowest BCUT2D eigenvalue weighted by molar-refractivity contribution is 0.0876. The van der Waals surface area contributed by atoms with E-state index in [1.165, 1.54) is 0 Å². The van der Waals surface area contributed by atoms with E-state index in [2.05, 4.69) is 5.32 Å². The molecule has 1 unspecified atom stereocenters. The molecule has 1 aliphatic heterocycles.